The van der Waals surface area contributed by atoms with Crippen molar-refractivity contribution < 1.29 is 29.0 Å². The summed E-state index contributed by atoms with van der Waals surface area (Å²) in [5.74, 6) is -2.08. The summed E-state index contributed by atoms with van der Waals surface area (Å²) in [6.45, 7) is 2.19. The van der Waals surface area contributed by atoms with Crippen LogP contribution in [0.4, 0.5) is 4.79 Å². The number of nitrogens with one attached hydrogen (secondary N) is 2. The maximum atomic E-state index is 11.8. The Bertz CT molecular complexity index is 447. The molecule has 0 radical (unpaired) electrons. The molecular formula is C11H17N3O6. The SMILES string of the molecule is COC(=O)C(O)CNC(=O)CN1C(=O)NC(C)(C)C1=O. The third-order valence-electron chi connectivity index (χ3n) is 2.71. The number of aliphatic hydroxyl groups excluding tert-OH is 1. The van der Waals surface area contributed by atoms with E-state index in [2.05, 4.69) is 15.4 Å². The lowest BCUT2D eigenvalue weighted by atomic mass is 10.1. The first-order valence-corrected chi connectivity index (χ1v) is 5.85. The first-order valence-electron chi connectivity index (χ1n) is 5.85. The zero-order valence-corrected chi connectivity index (χ0v) is 11.4. The molecule has 20 heavy (non-hydrogen) atoms. The molecule has 1 aliphatic rings. The monoisotopic (exact) mass is 287 g/mol. The van der Waals surface area contributed by atoms with Gasteiger partial charge >= 0.3 is 12.0 Å². The Morgan fingerprint density at radius 3 is 2.50 bits per heavy atom. The van der Waals surface area contributed by atoms with Gasteiger partial charge in [0.05, 0.1) is 13.7 Å². The van der Waals surface area contributed by atoms with E-state index < -0.39 is 42.0 Å². The van der Waals surface area contributed by atoms with Gasteiger partial charge in [-0.05, 0) is 13.8 Å². The quantitative estimate of drug-likeness (QED) is 0.395. The number of aliphatic hydroxyl groups is 1. The number of methoxy groups -OCH3 is 1. The van der Waals surface area contributed by atoms with Crippen LogP contribution >= 0.6 is 0 Å². The summed E-state index contributed by atoms with van der Waals surface area (Å²) in [7, 11) is 1.10. The number of carbonyl (C=O) groups excluding carboxylic acids is 4. The molecule has 112 valence electrons. The van der Waals surface area contributed by atoms with Crippen LogP contribution in [0.1, 0.15) is 13.8 Å². The predicted octanol–water partition coefficient (Wildman–Crippen LogP) is -2.03. The molecule has 1 fully saturated rings. The largest absolute Gasteiger partial charge is 0.467 e. The average molecular weight is 287 g/mol. The van der Waals surface area contributed by atoms with Gasteiger partial charge in [-0.1, -0.05) is 0 Å². The average Bonchev–Trinajstić information content (AvgIpc) is 2.57. The van der Waals surface area contributed by atoms with Gasteiger partial charge in [-0.3, -0.25) is 14.5 Å². The van der Waals surface area contributed by atoms with Crippen LogP contribution in [0.2, 0.25) is 0 Å². The van der Waals surface area contributed by atoms with E-state index in [9.17, 15) is 24.3 Å². The van der Waals surface area contributed by atoms with Crippen molar-refractivity contribution >= 4 is 23.8 Å². The molecule has 1 unspecified atom stereocenters. The molecular weight excluding hydrogens is 270 g/mol. The van der Waals surface area contributed by atoms with Crippen molar-refractivity contribution in [2.24, 2.45) is 0 Å². The van der Waals surface area contributed by atoms with Crippen LogP contribution in [0.3, 0.4) is 0 Å². The molecule has 1 heterocycles. The highest BCUT2D eigenvalue weighted by atomic mass is 16.5. The molecule has 9 heteroatoms. The predicted molar refractivity (Wildman–Crippen MR) is 65.4 cm³/mol. The summed E-state index contributed by atoms with van der Waals surface area (Å²) >= 11 is 0. The lowest BCUT2D eigenvalue weighted by Crippen LogP contribution is -2.45. The normalized spacial score (nSPS) is 18.5. The Morgan fingerprint density at radius 2 is 2.05 bits per heavy atom. The first-order chi connectivity index (χ1) is 9.19. The van der Waals surface area contributed by atoms with Crippen LogP contribution in [0, 0.1) is 0 Å². The maximum Gasteiger partial charge on any atom is 0.336 e. The molecule has 0 aromatic heterocycles. The molecule has 0 aliphatic carbocycles. The van der Waals surface area contributed by atoms with Crippen molar-refractivity contribution in [3.63, 3.8) is 0 Å². The molecule has 0 bridgehead atoms. The number of ether oxygens (including phenoxy) is 1. The Balaban J connectivity index is 2.49. The van der Waals surface area contributed by atoms with Gasteiger partial charge in [0.2, 0.25) is 5.91 Å². The van der Waals surface area contributed by atoms with Crippen LogP contribution < -0.4 is 10.6 Å². The summed E-state index contributed by atoms with van der Waals surface area (Å²) in [6.07, 6.45) is -1.50. The molecule has 0 spiro atoms. The number of rotatable bonds is 5. The second-order valence-corrected chi connectivity index (χ2v) is 4.79. The first kappa shape index (κ1) is 15.9. The molecule has 4 amide bonds. The molecule has 3 N–H and O–H groups in total. The highest BCUT2D eigenvalue weighted by Gasteiger charge is 2.44. The van der Waals surface area contributed by atoms with E-state index in [0.717, 1.165) is 12.0 Å². The molecule has 0 saturated carbocycles. The summed E-state index contributed by atoms with van der Waals surface area (Å²) in [4.78, 5) is 46.6. The number of imide groups is 1. The second-order valence-electron chi connectivity index (χ2n) is 4.79. The summed E-state index contributed by atoms with van der Waals surface area (Å²) < 4.78 is 4.27. The van der Waals surface area contributed by atoms with Crippen LogP contribution in [0.25, 0.3) is 0 Å². The summed E-state index contributed by atoms with van der Waals surface area (Å²) in [5.41, 5.74) is -1.05. The van der Waals surface area contributed by atoms with E-state index in [0.29, 0.717) is 0 Å². The lowest BCUT2D eigenvalue weighted by Gasteiger charge is -2.16. The summed E-state index contributed by atoms with van der Waals surface area (Å²) in [6, 6.07) is -0.663. The third kappa shape index (κ3) is 3.44. The van der Waals surface area contributed by atoms with Crippen molar-refractivity contribution in [1.29, 1.82) is 0 Å². The van der Waals surface area contributed by atoms with Crippen molar-refractivity contribution in [3.05, 3.63) is 0 Å². The standard InChI is InChI=1S/C11H17N3O6/c1-11(2)9(18)14(10(19)13-11)5-7(16)12-4-6(15)8(17)20-3/h6,15H,4-5H2,1-3H3,(H,12,16)(H,13,19). The summed E-state index contributed by atoms with van der Waals surface area (Å²) in [5, 5.41) is 13.9. The fraction of sp³-hybridized carbons (Fsp3) is 0.636. The number of urea groups is 1. The topological polar surface area (TPSA) is 125 Å². The Labute approximate surface area is 115 Å². The van der Waals surface area contributed by atoms with Crippen LogP contribution in [0.5, 0.6) is 0 Å². The minimum Gasteiger partial charge on any atom is -0.467 e. The number of carbonyl (C=O) groups is 4. The highest BCUT2D eigenvalue weighted by Crippen LogP contribution is 2.15. The number of hydrogen-bond donors (Lipinski definition) is 3. The van der Waals surface area contributed by atoms with Crippen molar-refractivity contribution in [2.75, 3.05) is 20.2 Å². The fourth-order valence-corrected chi connectivity index (χ4v) is 1.59. The van der Waals surface area contributed by atoms with Gasteiger partial charge in [0.15, 0.2) is 6.10 Å². The molecule has 0 aromatic carbocycles. The Kier molecular flexibility index (Phi) is 4.66. The van der Waals surface area contributed by atoms with E-state index in [1.54, 1.807) is 0 Å². The maximum absolute atomic E-state index is 11.8. The third-order valence-corrected chi connectivity index (χ3v) is 2.71. The van der Waals surface area contributed by atoms with Crippen LogP contribution in [0.15, 0.2) is 0 Å². The van der Waals surface area contributed by atoms with Crippen molar-refractivity contribution in [2.45, 2.75) is 25.5 Å². The van der Waals surface area contributed by atoms with Gasteiger partial charge in [-0.2, -0.15) is 0 Å². The van der Waals surface area contributed by atoms with E-state index >= 15 is 0 Å². The Morgan fingerprint density at radius 1 is 1.45 bits per heavy atom. The molecule has 0 aromatic rings. The molecule has 1 saturated heterocycles. The minimum atomic E-state index is -1.50. The van der Waals surface area contributed by atoms with Gasteiger partial charge in [0, 0.05) is 0 Å². The van der Waals surface area contributed by atoms with E-state index in [4.69, 9.17) is 0 Å². The second kappa shape index (κ2) is 5.87. The van der Waals surface area contributed by atoms with Gasteiger partial charge in [0.1, 0.15) is 12.1 Å². The number of amides is 4. The molecule has 1 rings (SSSR count). The van der Waals surface area contributed by atoms with E-state index in [-0.39, 0.29) is 6.54 Å². The van der Waals surface area contributed by atoms with Gasteiger partial charge in [0.25, 0.3) is 5.91 Å². The number of nitrogens with zero attached hydrogens (tertiary/aromatic N) is 1. The molecule has 1 aliphatic heterocycles. The number of hydrogen-bond acceptors (Lipinski definition) is 6. The zero-order chi connectivity index (χ0) is 15.5. The molecule has 1 atom stereocenters. The van der Waals surface area contributed by atoms with Crippen LogP contribution in [-0.2, 0) is 19.1 Å². The number of esters is 1. The van der Waals surface area contributed by atoms with Gasteiger partial charge in [-0.15, -0.1) is 0 Å². The van der Waals surface area contributed by atoms with E-state index in [1.165, 1.54) is 13.8 Å². The highest BCUT2D eigenvalue weighted by molar-refractivity contribution is 6.08. The minimum absolute atomic E-state index is 0.363. The van der Waals surface area contributed by atoms with Crippen molar-refractivity contribution in [3.8, 4) is 0 Å². The smallest absolute Gasteiger partial charge is 0.336 e. The van der Waals surface area contributed by atoms with Gasteiger partial charge in [-0.25, -0.2) is 9.59 Å². The van der Waals surface area contributed by atoms with E-state index in [1.807, 2.05) is 0 Å². The van der Waals surface area contributed by atoms with Crippen molar-refractivity contribution in [1.82, 2.24) is 15.5 Å². The van der Waals surface area contributed by atoms with Crippen LogP contribution in [-0.4, -0.2) is 65.7 Å². The fourth-order valence-electron chi connectivity index (χ4n) is 1.59. The van der Waals surface area contributed by atoms with Gasteiger partial charge < -0.3 is 20.5 Å². The Hall–Kier alpha value is -2.16. The zero-order valence-electron chi connectivity index (χ0n) is 11.4. The molecule has 9 nitrogen and oxygen atoms in total. The lowest BCUT2D eigenvalue weighted by molar-refractivity contribution is -0.150.